The second-order valence-corrected chi connectivity index (χ2v) is 9.15. The number of aldehydes is 2. The molecular weight excluding hydrogens is 284 g/mol. The van der Waals surface area contributed by atoms with Crippen LogP contribution in [0.1, 0.15) is 65.7 Å². The monoisotopic (exact) mass is 316 g/mol. The van der Waals surface area contributed by atoms with Crippen molar-refractivity contribution in [3.8, 4) is 0 Å². The minimum absolute atomic E-state index is 0.00505. The predicted octanol–water partition coefficient (Wildman–Crippen LogP) is 4.83. The summed E-state index contributed by atoms with van der Waals surface area (Å²) in [4.78, 5) is 23.9. The lowest BCUT2D eigenvalue weighted by atomic mass is 9.49. The van der Waals surface area contributed by atoms with Crippen LogP contribution in [0.15, 0.2) is 12.2 Å². The molecule has 0 aliphatic heterocycles. The quantitative estimate of drug-likeness (QED) is 0.552. The number of rotatable bonds is 3. The molecule has 2 nitrogen and oxygen atoms in total. The summed E-state index contributed by atoms with van der Waals surface area (Å²) in [5.41, 5.74) is 1.50. The van der Waals surface area contributed by atoms with E-state index < -0.39 is 0 Å². The maximum Gasteiger partial charge on any atom is 0.123 e. The van der Waals surface area contributed by atoms with Gasteiger partial charge in [-0.1, -0.05) is 39.3 Å². The van der Waals surface area contributed by atoms with Gasteiger partial charge >= 0.3 is 0 Å². The van der Waals surface area contributed by atoms with E-state index in [1.807, 2.05) is 0 Å². The fourth-order valence-electron chi connectivity index (χ4n) is 6.30. The highest BCUT2D eigenvalue weighted by Gasteiger charge is 2.56. The molecule has 3 aliphatic rings. The summed E-state index contributed by atoms with van der Waals surface area (Å²) in [5.74, 6) is 1.66. The molecule has 128 valence electrons. The minimum atomic E-state index is 0.00505. The first kappa shape index (κ1) is 16.9. The third-order valence-electron chi connectivity index (χ3n) is 8.13. The Bertz CT molecular complexity index is 510. The first-order valence-electron chi connectivity index (χ1n) is 9.45. The average Bonchev–Trinajstić information content (AvgIpc) is 2.84. The fourth-order valence-corrected chi connectivity index (χ4v) is 6.30. The van der Waals surface area contributed by atoms with Crippen LogP contribution in [-0.4, -0.2) is 12.6 Å². The highest BCUT2D eigenvalue weighted by atomic mass is 16.1. The van der Waals surface area contributed by atoms with E-state index >= 15 is 0 Å². The van der Waals surface area contributed by atoms with Gasteiger partial charge in [-0.3, -0.25) is 0 Å². The number of allylic oxidation sites excluding steroid dienone is 1. The molecule has 3 unspecified atom stereocenters. The Balaban J connectivity index is 1.92. The number of hydrogen-bond acceptors (Lipinski definition) is 2. The number of fused-ring (bicyclic) bond motifs is 1. The smallest absolute Gasteiger partial charge is 0.123 e. The van der Waals surface area contributed by atoms with Gasteiger partial charge in [-0.2, -0.15) is 0 Å². The minimum Gasteiger partial charge on any atom is -0.303 e. The van der Waals surface area contributed by atoms with Crippen LogP contribution in [0.25, 0.3) is 0 Å². The first-order valence-corrected chi connectivity index (χ1v) is 9.45. The lowest BCUT2D eigenvalue weighted by Crippen LogP contribution is -2.50. The Labute approximate surface area is 141 Å². The van der Waals surface area contributed by atoms with E-state index in [0.717, 1.165) is 38.5 Å². The van der Waals surface area contributed by atoms with Gasteiger partial charge in [0.1, 0.15) is 12.6 Å². The van der Waals surface area contributed by atoms with E-state index in [0.29, 0.717) is 17.8 Å². The van der Waals surface area contributed by atoms with Gasteiger partial charge in [-0.05, 0) is 67.1 Å². The van der Waals surface area contributed by atoms with E-state index in [1.165, 1.54) is 24.6 Å². The van der Waals surface area contributed by atoms with Crippen LogP contribution in [0.3, 0.4) is 0 Å². The molecule has 3 rings (SSSR count). The van der Waals surface area contributed by atoms with Gasteiger partial charge in [-0.25, -0.2) is 0 Å². The molecule has 0 radical (unpaired) electrons. The van der Waals surface area contributed by atoms with Gasteiger partial charge in [0.05, 0.1) is 0 Å². The molecule has 3 fully saturated rings. The lowest BCUT2D eigenvalue weighted by Gasteiger charge is -2.54. The average molecular weight is 316 g/mol. The molecule has 3 saturated carbocycles. The van der Waals surface area contributed by atoms with Crippen LogP contribution in [0.4, 0.5) is 0 Å². The Morgan fingerprint density at radius 1 is 1.04 bits per heavy atom. The normalized spacial score (nSPS) is 50.4. The Kier molecular flexibility index (Phi) is 4.31. The Morgan fingerprint density at radius 2 is 1.78 bits per heavy atom. The van der Waals surface area contributed by atoms with Crippen LogP contribution in [-0.2, 0) is 9.59 Å². The van der Waals surface area contributed by atoms with Crippen LogP contribution in [0.2, 0.25) is 0 Å². The molecule has 0 amide bonds. The summed E-state index contributed by atoms with van der Waals surface area (Å²) < 4.78 is 0. The first-order chi connectivity index (χ1) is 10.9. The standard InChI is InChI=1S/C21H32O2/c1-14-7-9-21(4,16(11-14)12-22)19-8-10-20(3)15(2)5-6-18(20)17(19)13-23/h12-14,16-19H,2,5-11H2,1,3-4H3/t14-,16+,17?,18?,19?,20+,21-/m0/s1. The molecule has 0 spiro atoms. The maximum atomic E-state index is 12.1. The molecule has 0 aromatic rings. The molecular formula is C21H32O2. The van der Waals surface area contributed by atoms with E-state index in [1.54, 1.807) is 0 Å². The lowest BCUT2D eigenvalue weighted by molar-refractivity contribution is -0.133. The van der Waals surface area contributed by atoms with Crippen LogP contribution >= 0.6 is 0 Å². The van der Waals surface area contributed by atoms with Gasteiger partial charge in [0.15, 0.2) is 0 Å². The van der Waals surface area contributed by atoms with Crippen molar-refractivity contribution in [2.75, 3.05) is 0 Å². The predicted molar refractivity (Wildman–Crippen MR) is 92.9 cm³/mol. The molecule has 0 N–H and O–H groups in total. The molecule has 0 saturated heterocycles. The zero-order chi connectivity index (χ0) is 16.8. The van der Waals surface area contributed by atoms with Gasteiger partial charge in [0.2, 0.25) is 0 Å². The second-order valence-electron chi connectivity index (χ2n) is 9.15. The van der Waals surface area contributed by atoms with Crippen molar-refractivity contribution >= 4 is 12.6 Å². The Morgan fingerprint density at radius 3 is 2.43 bits per heavy atom. The third-order valence-corrected chi connectivity index (χ3v) is 8.13. The van der Waals surface area contributed by atoms with Crippen molar-refractivity contribution < 1.29 is 9.59 Å². The molecule has 0 heterocycles. The number of hydrogen-bond donors (Lipinski definition) is 0. The zero-order valence-corrected chi connectivity index (χ0v) is 15.0. The van der Waals surface area contributed by atoms with Crippen LogP contribution < -0.4 is 0 Å². The summed E-state index contributed by atoms with van der Waals surface area (Å²) >= 11 is 0. The van der Waals surface area contributed by atoms with E-state index in [2.05, 4.69) is 27.4 Å². The van der Waals surface area contributed by atoms with Gasteiger partial charge in [0.25, 0.3) is 0 Å². The van der Waals surface area contributed by atoms with Crippen molar-refractivity contribution in [1.82, 2.24) is 0 Å². The zero-order valence-electron chi connectivity index (χ0n) is 15.0. The summed E-state index contributed by atoms with van der Waals surface area (Å²) in [6, 6.07) is 0. The fraction of sp³-hybridized carbons (Fsp3) is 0.810. The Hall–Kier alpha value is -0.920. The SMILES string of the molecule is C=C1CCC2C(C=O)C([C@@]3(C)CC[C@H](C)C[C@@H]3C=O)CC[C@]12C. The topological polar surface area (TPSA) is 34.1 Å². The molecule has 2 heteroatoms. The molecule has 3 aliphatic carbocycles. The third kappa shape index (κ3) is 2.44. The van der Waals surface area contributed by atoms with Crippen molar-refractivity contribution in [3.05, 3.63) is 12.2 Å². The summed E-state index contributed by atoms with van der Waals surface area (Å²) in [7, 11) is 0. The van der Waals surface area contributed by atoms with Gasteiger partial charge in [-0.15, -0.1) is 0 Å². The van der Waals surface area contributed by atoms with Gasteiger partial charge in [0, 0.05) is 11.8 Å². The van der Waals surface area contributed by atoms with E-state index in [4.69, 9.17) is 0 Å². The molecule has 0 aromatic heterocycles. The van der Waals surface area contributed by atoms with Crippen molar-refractivity contribution in [1.29, 1.82) is 0 Å². The number of carbonyl (C=O) groups excluding carboxylic acids is 2. The highest BCUT2D eigenvalue weighted by Crippen LogP contribution is 2.63. The van der Waals surface area contributed by atoms with Crippen LogP contribution in [0, 0.1) is 40.4 Å². The second kappa shape index (κ2) is 5.86. The van der Waals surface area contributed by atoms with E-state index in [9.17, 15) is 9.59 Å². The maximum absolute atomic E-state index is 12.1. The van der Waals surface area contributed by atoms with Gasteiger partial charge < -0.3 is 9.59 Å². The van der Waals surface area contributed by atoms with Crippen LogP contribution in [0.5, 0.6) is 0 Å². The largest absolute Gasteiger partial charge is 0.303 e. The van der Waals surface area contributed by atoms with Crippen molar-refractivity contribution in [3.63, 3.8) is 0 Å². The molecule has 7 atom stereocenters. The van der Waals surface area contributed by atoms with Crippen molar-refractivity contribution in [2.24, 2.45) is 40.4 Å². The highest BCUT2D eigenvalue weighted by molar-refractivity contribution is 5.59. The molecule has 0 aromatic carbocycles. The van der Waals surface area contributed by atoms with E-state index in [-0.39, 0.29) is 22.7 Å². The molecule has 23 heavy (non-hydrogen) atoms. The summed E-state index contributed by atoms with van der Waals surface area (Å²) in [6.45, 7) is 11.2. The summed E-state index contributed by atoms with van der Waals surface area (Å²) in [5, 5.41) is 0. The number of carbonyl (C=O) groups is 2. The molecule has 0 bridgehead atoms. The van der Waals surface area contributed by atoms with Crippen molar-refractivity contribution in [2.45, 2.75) is 65.7 Å². The summed E-state index contributed by atoms with van der Waals surface area (Å²) in [6.07, 6.45) is 10.1.